The summed E-state index contributed by atoms with van der Waals surface area (Å²) in [6.45, 7) is 10.4. The van der Waals surface area contributed by atoms with Gasteiger partial charge in [-0.05, 0) is 26.7 Å². The highest BCUT2D eigenvalue weighted by Gasteiger charge is 2.26. The second kappa shape index (κ2) is 9.55. The number of hydrogen-bond donors (Lipinski definition) is 2. The molecule has 0 aliphatic heterocycles. The van der Waals surface area contributed by atoms with Gasteiger partial charge in [-0.3, -0.25) is 19.2 Å². The van der Waals surface area contributed by atoms with E-state index >= 15 is 0 Å². The van der Waals surface area contributed by atoms with Gasteiger partial charge in [0.2, 0.25) is 0 Å². The maximum absolute atomic E-state index is 11.6. The summed E-state index contributed by atoms with van der Waals surface area (Å²) in [6, 6.07) is 0. The van der Waals surface area contributed by atoms with Crippen molar-refractivity contribution in [2.45, 2.75) is 39.5 Å². The number of hydrogen-bond acceptors (Lipinski definition) is 5. The molecule has 0 saturated heterocycles. The summed E-state index contributed by atoms with van der Waals surface area (Å²) in [5.41, 5.74) is 1.17. The minimum atomic E-state index is -1.19. The quantitative estimate of drug-likeness (QED) is 0.359. The van der Waals surface area contributed by atoms with E-state index in [-0.39, 0.29) is 12.8 Å². The number of rotatable bonds is 10. The van der Waals surface area contributed by atoms with Gasteiger partial charge < -0.3 is 14.9 Å². The predicted molar refractivity (Wildman–Crippen MR) is 81.4 cm³/mol. The molecule has 7 heteroatoms. The maximum Gasteiger partial charge on any atom is 0.314 e. The van der Waals surface area contributed by atoms with E-state index in [9.17, 15) is 19.2 Å². The van der Waals surface area contributed by atoms with E-state index in [1.165, 1.54) is 0 Å². The first-order valence-corrected chi connectivity index (χ1v) is 7.00. The summed E-state index contributed by atoms with van der Waals surface area (Å²) < 4.78 is 4.51. The molecule has 0 aromatic heterocycles. The van der Waals surface area contributed by atoms with Crippen LogP contribution in [0.15, 0.2) is 24.3 Å². The molecular weight excluding hydrogens is 304 g/mol. The molecule has 0 aliphatic carbocycles. The molecule has 2 atom stereocenters. The number of esters is 2. The summed E-state index contributed by atoms with van der Waals surface area (Å²) >= 11 is 0. The highest BCUT2D eigenvalue weighted by Crippen LogP contribution is 2.18. The normalized spacial score (nSPS) is 12.8. The third-order valence-corrected chi connectivity index (χ3v) is 2.94. The lowest BCUT2D eigenvalue weighted by molar-refractivity contribution is -0.164. The summed E-state index contributed by atoms with van der Waals surface area (Å²) in [5, 5.41) is 18.0. The van der Waals surface area contributed by atoms with E-state index in [1.54, 1.807) is 13.8 Å². The smallest absolute Gasteiger partial charge is 0.314 e. The Morgan fingerprint density at radius 1 is 0.783 bits per heavy atom. The largest absolute Gasteiger partial charge is 0.481 e. The topological polar surface area (TPSA) is 118 Å². The van der Waals surface area contributed by atoms with Gasteiger partial charge in [0.25, 0.3) is 0 Å². The first-order chi connectivity index (χ1) is 10.5. The molecule has 2 N–H and O–H groups in total. The molecular formula is C16H22O7. The van der Waals surface area contributed by atoms with E-state index in [0.717, 1.165) is 0 Å². The van der Waals surface area contributed by atoms with Gasteiger partial charge in [-0.25, -0.2) is 0 Å². The third-order valence-electron chi connectivity index (χ3n) is 2.94. The van der Waals surface area contributed by atoms with Crippen LogP contribution in [-0.4, -0.2) is 34.1 Å². The fourth-order valence-electron chi connectivity index (χ4n) is 1.95. The monoisotopic (exact) mass is 326 g/mol. The van der Waals surface area contributed by atoms with Gasteiger partial charge in [-0.15, -0.1) is 13.2 Å². The lowest BCUT2D eigenvalue weighted by atomic mass is 9.97. The molecule has 0 bridgehead atoms. The standard InChI is InChI=1S/C16H22O7/c1-9(2)5-11(15(19)20)7-13(17)23-14(18)8-12(16(21)22)6-10(3)4/h11-12H,1,3,5-8H2,2,4H3,(H,19,20)(H,21,22). The summed E-state index contributed by atoms with van der Waals surface area (Å²) in [6.07, 6.45) is -0.781. The van der Waals surface area contributed by atoms with Crippen molar-refractivity contribution in [2.75, 3.05) is 0 Å². The van der Waals surface area contributed by atoms with Crippen molar-refractivity contribution in [2.24, 2.45) is 11.8 Å². The Balaban J connectivity index is 4.60. The lowest BCUT2D eigenvalue weighted by Crippen LogP contribution is -2.24. The van der Waals surface area contributed by atoms with E-state index in [0.29, 0.717) is 11.1 Å². The molecule has 0 heterocycles. The van der Waals surface area contributed by atoms with E-state index < -0.39 is 48.6 Å². The van der Waals surface area contributed by atoms with Crippen LogP contribution in [0.1, 0.15) is 39.5 Å². The minimum Gasteiger partial charge on any atom is -0.481 e. The van der Waals surface area contributed by atoms with Gasteiger partial charge in [-0.1, -0.05) is 11.1 Å². The van der Waals surface area contributed by atoms with Crippen LogP contribution in [0.4, 0.5) is 0 Å². The molecule has 0 amide bonds. The van der Waals surface area contributed by atoms with Crippen LogP contribution < -0.4 is 0 Å². The van der Waals surface area contributed by atoms with Crippen LogP contribution >= 0.6 is 0 Å². The lowest BCUT2D eigenvalue weighted by Gasteiger charge is -2.13. The molecule has 0 rings (SSSR count). The average molecular weight is 326 g/mol. The fraction of sp³-hybridized carbons (Fsp3) is 0.500. The van der Waals surface area contributed by atoms with Crippen LogP contribution in [-0.2, 0) is 23.9 Å². The van der Waals surface area contributed by atoms with Gasteiger partial charge >= 0.3 is 23.9 Å². The van der Waals surface area contributed by atoms with Crippen molar-refractivity contribution >= 4 is 23.9 Å². The number of ether oxygens (including phenoxy) is 1. The predicted octanol–water partition coefficient (Wildman–Crippen LogP) is 2.17. The van der Waals surface area contributed by atoms with Crippen molar-refractivity contribution in [3.8, 4) is 0 Å². The second-order valence-corrected chi connectivity index (χ2v) is 5.65. The number of carbonyl (C=O) groups excluding carboxylic acids is 2. The van der Waals surface area contributed by atoms with Crippen molar-refractivity contribution in [1.29, 1.82) is 0 Å². The van der Waals surface area contributed by atoms with Crippen molar-refractivity contribution < 1.29 is 34.1 Å². The highest BCUT2D eigenvalue weighted by atomic mass is 16.6. The van der Waals surface area contributed by atoms with Crippen molar-refractivity contribution in [3.63, 3.8) is 0 Å². The van der Waals surface area contributed by atoms with E-state index in [4.69, 9.17) is 10.2 Å². The Labute approximate surface area is 134 Å². The second-order valence-electron chi connectivity index (χ2n) is 5.65. The number of allylic oxidation sites excluding steroid dienone is 2. The molecule has 128 valence electrons. The number of carboxylic acid groups (broad SMARTS) is 2. The van der Waals surface area contributed by atoms with E-state index in [1.807, 2.05) is 0 Å². The molecule has 0 aliphatic rings. The number of carboxylic acids is 2. The summed E-state index contributed by atoms with van der Waals surface area (Å²) in [4.78, 5) is 45.3. The molecule has 7 nitrogen and oxygen atoms in total. The van der Waals surface area contributed by atoms with Crippen LogP contribution in [0.25, 0.3) is 0 Å². The zero-order chi connectivity index (χ0) is 18.2. The van der Waals surface area contributed by atoms with Gasteiger partial charge in [-0.2, -0.15) is 0 Å². The van der Waals surface area contributed by atoms with Crippen LogP contribution in [0.3, 0.4) is 0 Å². The first kappa shape index (κ1) is 20.6. The Kier molecular flexibility index (Phi) is 8.54. The molecule has 0 spiro atoms. The molecule has 2 unspecified atom stereocenters. The average Bonchev–Trinajstić information content (AvgIpc) is 2.35. The Hall–Kier alpha value is -2.44. The Morgan fingerprint density at radius 2 is 1.09 bits per heavy atom. The van der Waals surface area contributed by atoms with Gasteiger partial charge in [0.05, 0.1) is 24.7 Å². The number of carbonyl (C=O) groups is 4. The Morgan fingerprint density at radius 3 is 1.30 bits per heavy atom. The van der Waals surface area contributed by atoms with Gasteiger partial charge in [0.1, 0.15) is 0 Å². The molecule has 0 radical (unpaired) electrons. The van der Waals surface area contributed by atoms with Gasteiger partial charge in [0.15, 0.2) is 0 Å². The zero-order valence-electron chi connectivity index (χ0n) is 13.3. The molecule has 0 fully saturated rings. The van der Waals surface area contributed by atoms with Crippen LogP contribution in [0.5, 0.6) is 0 Å². The molecule has 23 heavy (non-hydrogen) atoms. The highest BCUT2D eigenvalue weighted by molar-refractivity contribution is 5.89. The third kappa shape index (κ3) is 9.23. The van der Waals surface area contributed by atoms with Crippen LogP contribution in [0.2, 0.25) is 0 Å². The summed E-state index contributed by atoms with van der Waals surface area (Å²) in [5.74, 6) is -6.44. The first-order valence-electron chi connectivity index (χ1n) is 7.00. The molecule has 0 saturated carbocycles. The number of aliphatic carboxylic acids is 2. The minimum absolute atomic E-state index is 0.0893. The fourth-order valence-corrected chi connectivity index (χ4v) is 1.95. The molecule has 0 aromatic carbocycles. The van der Waals surface area contributed by atoms with Gasteiger partial charge in [0, 0.05) is 0 Å². The Bertz CT molecular complexity index is 473. The maximum atomic E-state index is 11.6. The van der Waals surface area contributed by atoms with Crippen LogP contribution in [0, 0.1) is 11.8 Å². The van der Waals surface area contributed by atoms with Crippen molar-refractivity contribution in [3.05, 3.63) is 24.3 Å². The zero-order valence-corrected chi connectivity index (χ0v) is 13.3. The van der Waals surface area contributed by atoms with Crippen molar-refractivity contribution in [1.82, 2.24) is 0 Å². The SMILES string of the molecule is C=C(C)CC(CC(=O)OC(=O)CC(CC(=C)C)C(=O)O)C(=O)O. The molecule has 0 aromatic rings. The van der Waals surface area contributed by atoms with E-state index in [2.05, 4.69) is 17.9 Å². The summed E-state index contributed by atoms with van der Waals surface area (Å²) in [7, 11) is 0.